The Labute approximate surface area is 169 Å². The summed E-state index contributed by atoms with van der Waals surface area (Å²) in [6, 6.07) is 0. The quantitative estimate of drug-likeness (QED) is 0.153. The summed E-state index contributed by atoms with van der Waals surface area (Å²) in [5.41, 5.74) is -1.68. The molecule has 0 saturated carbocycles. The molecule has 0 amide bonds. The Kier molecular flexibility index (Phi) is 12.4. The Balaban J connectivity index is 3.76. The number of unbranched alkanes of at least 4 members (excludes halogenated alkanes) is 4. The predicted molar refractivity (Wildman–Crippen MR) is 110 cm³/mol. The molecule has 1 unspecified atom stereocenters. The predicted octanol–water partition coefficient (Wildman–Crippen LogP) is 3.32. The van der Waals surface area contributed by atoms with Gasteiger partial charge in [0.05, 0.1) is 5.60 Å². The van der Waals surface area contributed by atoms with E-state index in [0.717, 1.165) is 38.5 Å². The molecule has 9 nitrogen and oxygen atoms in total. The molecule has 28 heavy (non-hydrogen) atoms. The summed E-state index contributed by atoms with van der Waals surface area (Å²) >= 11 is 0. The van der Waals surface area contributed by atoms with Crippen LogP contribution in [0.1, 0.15) is 91.9 Å². The molecule has 0 aromatic heterocycles. The SMILES string of the molecule is CC(C)(CCCCCC(O)CCCCCC(C)(C)O[PH](O)(O)O)OP(=O)(O)O. The first kappa shape index (κ1) is 28.3. The molecule has 0 aromatic carbocycles. The van der Waals surface area contributed by atoms with Crippen molar-refractivity contribution >= 4 is 16.0 Å². The molecular formula is C17H40O9P2. The van der Waals surface area contributed by atoms with Crippen molar-refractivity contribution in [2.45, 2.75) is 109 Å². The van der Waals surface area contributed by atoms with E-state index < -0.39 is 27.2 Å². The van der Waals surface area contributed by atoms with Crippen molar-refractivity contribution < 1.29 is 43.2 Å². The summed E-state index contributed by atoms with van der Waals surface area (Å²) in [4.78, 5) is 44.7. The largest absolute Gasteiger partial charge is 0.470 e. The van der Waals surface area contributed by atoms with Crippen molar-refractivity contribution in [1.82, 2.24) is 0 Å². The topological polar surface area (TPSA) is 157 Å². The molecule has 0 aliphatic carbocycles. The van der Waals surface area contributed by atoms with E-state index in [0.29, 0.717) is 25.7 Å². The van der Waals surface area contributed by atoms with Gasteiger partial charge in [0.25, 0.3) is 0 Å². The second kappa shape index (κ2) is 12.3. The smallest absolute Gasteiger partial charge is 0.303 e. The second-order valence-electron chi connectivity index (χ2n) is 8.63. The number of phosphoric ester groups is 1. The van der Waals surface area contributed by atoms with Crippen molar-refractivity contribution in [2.75, 3.05) is 0 Å². The first-order valence-electron chi connectivity index (χ1n) is 9.83. The average molecular weight is 450 g/mol. The van der Waals surface area contributed by atoms with Crippen molar-refractivity contribution in [3.63, 3.8) is 0 Å². The second-order valence-corrected chi connectivity index (χ2v) is 11.1. The molecule has 0 saturated heterocycles. The fraction of sp³-hybridized carbons (Fsp3) is 1.00. The van der Waals surface area contributed by atoms with Crippen LogP contribution in [0.25, 0.3) is 0 Å². The van der Waals surface area contributed by atoms with E-state index in [1.807, 2.05) is 0 Å². The molecule has 0 rings (SSSR count). The van der Waals surface area contributed by atoms with Gasteiger partial charge in [-0.25, -0.2) is 4.57 Å². The zero-order valence-corrected chi connectivity index (χ0v) is 19.4. The van der Waals surface area contributed by atoms with Crippen LogP contribution < -0.4 is 0 Å². The van der Waals surface area contributed by atoms with Gasteiger partial charge in [-0.05, 0) is 20.3 Å². The third kappa shape index (κ3) is 18.4. The molecule has 6 N–H and O–H groups in total. The van der Waals surface area contributed by atoms with Crippen LogP contribution >= 0.6 is 16.0 Å². The Hall–Kier alpha value is 0.340. The van der Waals surface area contributed by atoms with Crippen LogP contribution in [0, 0.1) is 0 Å². The van der Waals surface area contributed by atoms with Gasteiger partial charge in [0.2, 0.25) is 0 Å². The minimum atomic E-state index is -4.51. The van der Waals surface area contributed by atoms with Crippen LogP contribution in [-0.4, -0.2) is 46.9 Å². The van der Waals surface area contributed by atoms with E-state index in [2.05, 4.69) is 0 Å². The van der Waals surface area contributed by atoms with Crippen molar-refractivity contribution in [3.8, 4) is 0 Å². The Morgan fingerprint density at radius 2 is 1.25 bits per heavy atom. The number of aliphatic hydroxyl groups excluding tert-OH is 1. The monoisotopic (exact) mass is 450 g/mol. The van der Waals surface area contributed by atoms with E-state index in [4.69, 9.17) is 33.5 Å². The van der Waals surface area contributed by atoms with Crippen LogP contribution in [0.3, 0.4) is 0 Å². The van der Waals surface area contributed by atoms with Crippen LogP contribution in [-0.2, 0) is 13.6 Å². The summed E-state index contributed by atoms with van der Waals surface area (Å²) in [7, 11) is -8.99. The third-order valence-electron chi connectivity index (χ3n) is 4.41. The summed E-state index contributed by atoms with van der Waals surface area (Å²) in [6.45, 7) is 6.69. The Bertz CT molecular complexity index is 472. The molecule has 0 radical (unpaired) electrons. The zero-order valence-electron chi connectivity index (χ0n) is 17.5. The van der Waals surface area contributed by atoms with Gasteiger partial charge in [0.1, 0.15) is 0 Å². The standard InChI is InChI=1S/C17H40O9P2/c1-16(2,25-27(19,20)21)13-9-5-7-11-15(18)12-8-6-10-14-17(3,4)26-28(22,23)24/h15,18-21,27H,5-14H2,1-4H3,(H2,22,23,24). The molecule has 11 heteroatoms. The third-order valence-corrected chi connectivity index (χ3v) is 5.97. The molecule has 1 atom stereocenters. The normalized spacial score (nSPS) is 15.6. The zero-order chi connectivity index (χ0) is 22.1. The molecule has 0 aliphatic heterocycles. The fourth-order valence-electron chi connectivity index (χ4n) is 3.15. The van der Waals surface area contributed by atoms with Crippen LogP contribution in [0.2, 0.25) is 0 Å². The van der Waals surface area contributed by atoms with Crippen molar-refractivity contribution in [1.29, 1.82) is 0 Å². The maximum atomic E-state index is 10.9. The Morgan fingerprint density at radius 3 is 1.64 bits per heavy atom. The van der Waals surface area contributed by atoms with Gasteiger partial charge in [-0.3, -0.25) is 4.52 Å². The summed E-state index contributed by atoms with van der Waals surface area (Å²) in [5.74, 6) is 0. The molecule has 0 bridgehead atoms. The maximum absolute atomic E-state index is 10.9. The first-order chi connectivity index (χ1) is 12.5. The van der Waals surface area contributed by atoms with E-state index >= 15 is 0 Å². The molecule has 172 valence electrons. The molecule has 0 heterocycles. The minimum Gasteiger partial charge on any atom is -0.303 e. The molecular weight excluding hydrogens is 410 g/mol. The van der Waals surface area contributed by atoms with E-state index in [1.54, 1.807) is 27.7 Å². The van der Waals surface area contributed by atoms with E-state index in [9.17, 15) is 9.67 Å². The van der Waals surface area contributed by atoms with Gasteiger partial charge in [0.15, 0.2) is 0 Å². The van der Waals surface area contributed by atoms with Gasteiger partial charge in [0, 0.05) is 0 Å². The average Bonchev–Trinajstić information content (AvgIpc) is 2.40. The Morgan fingerprint density at radius 1 is 0.821 bits per heavy atom. The van der Waals surface area contributed by atoms with Gasteiger partial charge >= 0.3 is 124 Å². The van der Waals surface area contributed by atoms with Gasteiger partial charge in [-0.15, -0.1) is 0 Å². The number of phosphoric acid groups is 1. The maximum Gasteiger partial charge on any atom is 0.470 e. The number of rotatable bonds is 16. The van der Waals surface area contributed by atoms with E-state index in [1.165, 1.54) is 0 Å². The first-order valence-corrected chi connectivity index (χ1v) is 13.1. The van der Waals surface area contributed by atoms with Crippen LogP contribution in [0.5, 0.6) is 0 Å². The van der Waals surface area contributed by atoms with Gasteiger partial charge in [-0.2, -0.15) is 0 Å². The molecule has 0 spiro atoms. The van der Waals surface area contributed by atoms with E-state index in [-0.39, 0.29) is 6.10 Å². The van der Waals surface area contributed by atoms with Gasteiger partial charge in [-0.1, -0.05) is 0 Å². The molecule has 0 fully saturated rings. The fourth-order valence-corrected chi connectivity index (χ4v) is 4.73. The summed E-state index contributed by atoms with van der Waals surface area (Å²) in [6.07, 6.45) is 7.06. The minimum absolute atomic E-state index is 0.379. The van der Waals surface area contributed by atoms with Gasteiger partial charge < -0.3 is 9.79 Å². The molecule has 0 aromatic rings. The van der Waals surface area contributed by atoms with Crippen molar-refractivity contribution in [2.24, 2.45) is 0 Å². The van der Waals surface area contributed by atoms with Crippen LogP contribution in [0.15, 0.2) is 0 Å². The number of hydrogen-bond donors (Lipinski definition) is 6. The van der Waals surface area contributed by atoms with Crippen LogP contribution in [0.4, 0.5) is 0 Å². The summed E-state index contributed by atoms with van der Waals surface area (Å²) < 4.78 is 20.5. The van der Waals surface area contributed by atoms with Crippen molar-refractivity contribution in [3.05, 3.63) is 0 Å². The number of aliphatic hydroxyl groups is 1. The molecule has 0 aliphatic rings. The number of hydrogen-bond acceptors (Lipinski definition) is 7. The summed E-state index contributed by atoms with van der Waals surface area (Å²) in [5, 5.41) is 10.0.